The largest absolute Gasteiger partial charge is 0.481 e. The Morgan fingerprint density at radius 3 is 2.90 bits per heavy atom. The van der Waals surface area contributed by atoms with Crippen LogP contribution in [0.3, 0.4) is 0 Å². The van der Waals surface area contributed by atoms with Gasteiger partial charge >= 0.3 is 5.97 Å². The third-order valence-corrected chi connectivity index (χ3v) is 4.90. The number of carboxylic acid groups (broad SMARTS) is 1. The Bertz CT molecular complexity index is 688. The zero-order chi connectivity index (χ0) is 14.1. The zero-order valence-electron chi connectivity index (χ0n) is 10.6. The first-order chi connectivity index (χ1) is 9.65. The van der Waals surface area contributed by atoms with Crippen molar-refractivity contribution < 1.29 is 9.90 Å². The van der Waals surface area contributed by atoms with Gasteiger partial charge in [-0.15, -0.1) is 0 Å². The van der Waals surface area contributed by atoms with Crippen molar-refractivity contribution >= 4 is 51.4 Å². The van der Waals surface area contributed by atoms with Crippen LogP contribution in [0.25, 0.3) is 11.0 Å². The van der Waals surface area contributed by atoms with Gasteiger partial charge in [0.05, 0.1) is 16.8 Å². The lowest BCUT2D eigenvalue weighted by atomic mass is 10.2. The lowest BCUT2D eigenvalue weighted by Gasteiger charge is -2.15. The van der Waals surface area contributed by atoms with Gasteiger partial charge in [-0.25, -0.2) is 4.98 Å². The third-order valence-electron chi connectivity index (χ3n) is 3.29. The topological polar surface area (TPSA) is 55.1 Å². The Morgan fingerprint density at radius 2 is 2.20 bits per heavy atom. The van der Waals surface area contributed by atoms with Crippen LogP contribution in [-0.2, 0) is 4.79 Å². The molecule has 0 radical (unpaired) electrons. The molecule has 104 valence electrons. The summed E-state index contributed by atoms with van der Waals surface area (Å²) in [7, 11) is 0. The van der Waals surface area contributed by atoms with Crippen LogP contribution in [0.15, 0.2) is 35.5 Å². The van der Waals surface area contributed by atoms with Gasteiger partial charge in [-0.3, -0.25) is 4.79 Å². The van der Waals surface area contributed by atoms with E-state index in [2.05, 4.69) is 56.4 Å². The predicted octanol–water partition coefficient (Wildman–Crippen LogP) is 3.71. The number of halogens is 1. The van der Waals surface area contributed by atoms with Gasteiger partial charge < -0.3 is 9.67 Å². The number of hydrogen-bond donors (Lipinski definition) is 1. The molecule has 1 heterocycles. The highest BCUT2D eigenvalue weighted by Gasteiger charge is 2.20. The van der Waals surface area contributed by atoms with E-state index in [-0.39, 0.29) is 5.75 Å². The van der Waals surface area contributed by atoms with Gasteiger partial charge in [-0.1, -0.05) is 23.9 Å². The summed E-state index contributed by atoms with van der Waals surface area (Å²) < 4.78 is 3.33. The molecule has 1 aliphatic rings. The standard InChI is InChI=1S/C14H13IN2O2S/c15-9-5-6-12-11(7-9)16-14(20-8-13(18)19)17(12)10-3-1-2-4-10/h1-2,5-7,10H,3-4,8H2,(H,18,19). The van der Waals surface area contributed by atoms with Crippen LogP contribution in [-0.4, -0.2) is 26.4 Å². The van der Waals surface area contributed by atoms with Gasteiger partial charge in [0.2, 0.25) is 0 Å². The minimum absolute atomic E-state index is 0.0422. The van der Waals surface area contributed by atoms with Crippen LogP contribution in [0.5, 0.6) is 0 Å². The van der Waals surface area contributed by atoms with Crippen LogP contribution in [0.2, 0.25) is 0 Å². The van der Waals surface area contributed by atoms with E-state index in [4.69, 9.17) is 5.11 Å². The minimum Gasteiger partial charge on any atom is -0.481 e. The number of carboxylic acids is 1. The van der Waals surface area contributed by atoms with Gasteiger partial charge in [0.1, 0.15) is 0 Å². The first-order valence-electron chi connectivity index (χ1n) is 6.32. The van der Waals surface area contributed by atoms with Crippen molar-refractivity contribution in [3.05, 3.63) is 33.9 Å². The summed E-state index contributed by atoms with van der Waals surface area (Å²) >= 11 is 3.56. The second-order valence-electron chi connectivity index (χ2n) is 4.68. The molecular formula is C14H13IN2O2S. The van der Waals surface area contributed by atoms with Crippen molar-refractivity contribution in [1.29, 1.82) is 0 Å². The first kappa shape index (κ1) is 13.9. The molecule has 0 fully saturated rings. The summed E-state index contributed by atoms with van der Waals surface area (Å²) in [5.41, 5.74) is 2.03. The molecule has 1 aromatic heterocycles. The van der Waals surface area contributed by atoms with E-state index in [0.29, 0.717) is 6.04 Å². The van der Waals surface area contributed by atoms with Crippen molar-refractivity contribution in [2.24, 2.45) is 0 Å². The number of hydrogen-bond acceptors (Lipinski definition) is 3. The second kappa shape index (κ2) is 5.77. The van der Waals surface area contributed by atoms with E-state index in [9.17, 15) is 4.79 Å². The summed E-state index contributed by atoms with van der Waals surface area (Å²) in [6, 6.07) is 6.54. The first-order valence-corrected chi connectivity index (χ1v) is 8.38. The molecule has 0 spiro atoms. The Kier molecular flexibility index (Phi) is 4.02. The number of imidazole rings is 1. The maximum atomic E-state index is 10.8. The molecule has 3 rings (SSSR count). The fourth-order valence-corrected chi connectivity index (χ4v) is 3.72. The maximum absolute atomic E-state index is 10.8. The Balaban J connectivity index is 2.06. The lowest BCUT2D eigenvalue weighted by molar-refractivity contribution is -0.133. The SMILES string of the molecule is O=C(O)CSc1nc2cc(I)ccc2n1C1CC=CC1. The fourth-order valence-electron chi connectivity index (χ4n) is 2.44. The summed E-state index contributed by atoms with van der Waals surface area (Å²) in [6.45, 7) is 0. The highest BCUT2D eigenvalue weighted by Crippen LogP contribution is 2.34. The quantitative estimate of drug-likeness (QED) is 0.483. The number of rotatable bonds is 4. The number of aliphatic carboxylic acids is 1. The summed E-state index contributed by atoms with van der Waals surface area (Å²) in [6.07, 6.45) is 6.32. The monoisotopic (exact) mass is 400 g/mol. The molecule has 0 saturated carbocycles. The molecule has 1 aromatic carbocycles. The number of thioether (sulfide) groups is 1. The normalized spacial score (nSPS) is 15.2. The van der Waals surface area contributed by atoms with Crippen molar-refractivity contribution in [2.75, 3.05) is 5.75 Å². The highest BCUT2D eigenvalue weighted by molar-refractivity contribution is 14.1. The summed E-state index contributed by atoms with van der Waals surface area (Å²) in [4.78, 5) is 15.4. The number of aromatic nitrogens is 2. The van der Waals surface area contributed by atoms with E-state index in [1.807, 2.05) is 6.07 Å². The Labute approximate surface area is 134 Å². The van der Waals surface area contributed by atoms with Crippen LogP contribution in [0, 0.1) is 3.57 Å². The average Bonchev–Trinajstić information content (AvgIpc) is 3.01. The van der Waals surface area contributed by atoms with Gasteiger partial charge in [-0.2, -0.15) is 0 Å². The van der Waals surface area contributed by atoms with Crippen molar-refractivity contribution in [2.45, 2.75) is 24.0 Å². The molecule has 20 heavy (non-hydrogen) atoms. The smallest absolute Gasteiger partial charge is 0.313 e. The Hall–Kier alpha value is -1.02. The molecule has 0 amide bonds. The zero-order valence-corrected chi connectivity index (χ0v) is 13.6. The summed E-state index contributed by atoms with van der Waals surface area (Å²) in [5.74, 6) is -0.770. The molecule has 4 nitrogen and oxygen atoms in total. The minimum atomic E-state index is -0.812. The molecule has 0 unspecified atom stereocenters. The number of allylic oxidation sites excluding steroid dienone is 2. The fraction of sp³-hybridized carbons (Fsp3) is 0.286. The maximum Gasteiger partial charge on any atom is 0.313 e. The van der Waals surface area contributed by atoms with E-state index in [1.54, 1.807) is 0 Å². The number of nitrogens with zero attached hydrogens (tertiary/aromatic N) is 2. The van der Waals surface area contributed by atoms with Gasteiger partial charge in [-0.05, 0) is 53.6 Å². The number of carbonyl (C=O) groups is 1. The third kappa shape index (κ3) is 2.71. The van der Waals surface area contributed by atoms with Crippen LogP contribution in [0.1, 0.15) is 18.9 Å². The van der Waals surface area contributed by atoms with Crippen LogP contribution in [0.4, 0.5) is 0 Å². The van der Waals surface area contributed by atoms with Crippen molar-refractivity contribution in [1.82, 2.24) is 9.55 Å². The molecule has 0 aliphatic heterocycles. The number of fused-ring (bicyclic) bond motifs is 1. The van der Waals surface area contributed by atoms with E-state index in [0.717, 1.165) is 32.6 Å². The van der Waals surface area contributed by atoms with E-state index >= 15 is 0 Å². The molecule has 6 heteroatoms. The average molecular weight is 400 g/mol. The second-order valence-corrected chi connectivity index (χ2v) is 6.86. The summed E-state index contributed by atoms with van der Waals surface area (Å²) in [5, 5.41) is 9.68. The van der Waals surface area contributed by atoms with Crippen LogP contribution >= 0.6 is 34.4 Å². The van der Waals surface area contributed by atoms with E-state index < -0.39 is 5.97 Å². The van der Waals surface area contributed by atoms with Gasteiger partial charge in [0.25, 0.3) is 0 Å². The van der Waals surface area contributed by atoms with Crippen LogP contribution < -0.4 is 0 Å². The molecule has 0 saturated heterocycles. The molecule has 2 aromatic rings. The highest BCUT2D eigenvalue weighted by atomic mass is 127. The molecule has 1 N–H and O–H groups in total. The van der Waals surface area contributed by atoms with E-state index in [1.165, 1.54) is 11.8 Å². The number of benzene rings is 1. The van der Waals surface area contributed by atoms with Crippen molar-refractivity contribution in [3.63, 3.8) is 0 Å². The molecule has 1 aliphatic carbocycles. The van der Waals surface area contributed by atoms with Gasteiger partial charge in [0, 0.05) is 9.61 Å². The molecule has 0 atom stereocenters. The predicted molar refractivity (Wildman–Crippen MR) is 88.2 cm³/mol. The van der Waals surface area contributed by atoms with Crippen molar-refractivity contribution in [3.8, 4) is 0 Å². The Morgan fingerprint density at radius 1 is 1.45 bits per heavy atom. The molecule has 0 bridgehead atoms. The lowest BCUT2D eigenvalue weighted by Crippen LogP contribution is -2.08. The van der Waals surface area contributed by atoms with Gasteiger partial charge in [0.15, 0.2) is 5.16 Å². The molecular weight excluding hydrogens is 387 g/mol.